The van der Waals surface area contributed by atoms with Gasteiger partial charge in [-0.15, -0.1) is 12.4 Å². The first-order valence-electron chi connectivity index (χ1n) is 6.04. The lowest BCUT2D eigenvalue weighted by atomic mass is 10.1. The molecule has 0 spiro atoms. The second-order valence-corrected chi connectivity index (χ2v) is 4.78. The minimum Gasteiger partial charge on any atom is -0.497 e. The van der Waals surface area contributed by atoms with E-state index in [0.29, 0.717) is 0 Å². The third-order valence-electron chi connectivity index (χ3n) is 2.83. The summed E-state index contributed by atoms with van der Waals surface area (Å²) in [5.74, 6) is 0.880. The smallest absolute Gasteiger partial charge is 0.168 e. The van der Waals surface area contributed by atoms with Crippen molar-refractivity contribution >= 4 is 24.2 Å². The van der Waals surface area contributed by atoms with E-state index in [1.165, 1.54) is 11.3 Å². The van der Waals surface area contributed by atoms with E-state index in [1.807, 2.05) is 18.3 Å². The van der Waals surface area contributed by atoms with Gasteiger partial charge in [0.25, 0.3) is 0 Å². The van der Waals surface area contributed by atoms with Crippen LogP contribution in [0.5, 0.6) is 5.75 Å². The average molecular weight is 299 g/mol. The molecular formula is C14H19ClN2OS. The molecule has 1 aromatic heterocycles. The fraction of sp³-hybridized carbons (Fsp3) is 0.357. The van der Waals surface area contributed by atoms with Crippen molar-refractivity contribution in [3.63, 3.8) is 0 Å². The van der Waals surface area contributed by atoms with Crippen molar-refractivity contribution in [2.24, 2.45) is 0 Å². The number of rotatable bonds is 5. The Morgan fingerprint density at radius 1 is 1.26 bits per heavy atom. The number of nitrogens with zero attached hydrogens (tertiary/aromatic N) is 2. The van der Waals surface area contributed by atoms with Crippen LogP contribution in [0.2, 0.25) is 0 Å². The quantitative estimate of drug-likeness (QED) is 0.777. The third kappa shape index (κ3) is 3.45. The first kappa shape index (κ1) is 15.9. The topological polar surface area (TPSA) is 27.1 Å². The Morgan fingerprint density at radius 3 is 2.47 bits per heavy atom. The van der Waals surface area contributed by atoms with E-state index in [0.717, 1.165) is 23.9 Å². The second-order valence-electron chi connectivity index (χ2n) is 4.01. The number of ether oxygens (including phenoxy) is 1. The van der Waals surface area contributed by atoms with Crippen LogP contribution in [0.1, 0.15) is 13.3 Å². The molecule has 2 aromatic rings. The van der Waals surface area contributed by atoms with E-state index < -0.39 is 0 Å². The maximum Gasteiger partial charge on any atom is 0.168 e. The molecule has 0 aliphatic rings. The number of imidazole rings is 1. The number of halogens is 1. The molecular weight excluding hydrogens is 280 g/mol. The zero-order valence-corrected chi connectivity index (χ0v) is 13.1. The minimum atomic E-state index is 0. The first-order valence-corrected chi connectivity index (χ1v) is 7.26. The van der Waals surface area contributed by atoms with Crippen LogP contribution >= 0.6 is 24.2 Å². The van der Waals surface area contributed by atoms with E-state index >= 15 is 0 Å². The van der Waals surface area contributed by atoms with Gasteiger partial charge in [-0.05, 0) is 36.9 Å². The maximum absolute atomic E-state index is 5.18. The van der Waals surface area contributed by atoms with Crippen molar-refractivity contribution in [2.75, 3.05) is 13.4 Å². The Balaban J connectivity index is 0.00000180. The highest BCUT2D eigenvalue weighted by Gasteiger charge is 2.10. The zero-order chi connectivity index (χ0) is 13.0. The van der Waals surface area contributed by atoms with Crippen LogP contribution < -0.4 is 4.74 Å². The molecule has 5 heteroatoms. The minimum absolute atomic E-state index is 0. The second kappa shape index (κ2) is 7.46. The Morgan fingerprint density at radius 2 is 1.95 bits per heavy atom. The van der Waals surface area contributed by atoms with E-state index in [-0.39, 0.29) is 12.4 Å². The summed E-state index contributed by atoms with van der Waals surface area (Å²) >= 11 is 1.69. The Kier molecular flexibility index (Phi) is 6.25. The Labute approximate surface area is 124 Å². The molecule has 0 bridgehead atoms. The van der Waals surface area contributed by atoms with Gasteiger partial charge in [-0.1, -0.05) is 18.7 Å². The summed E-state index contributed by atoms with van der Waals surface area (Å²) in [5.41, 5.74) is 2.35. The SMILES string of the molecule is CCCn1c(-c2ccc(OC)cc2)cnc1SC.Cl. The molecule has 3 nitrogen and oxygen atoms in total. The molecule has 0 unspecified atom stereocenters. The lowest BCUT2D eigenvalue weighted by Gasteiger charge is -2.10. The van der Waals surface area contributed by atoms with Gasteiger partial charge < -0.3 is 9.30 Å². The Hall–Kier alpha value is -1.13. The normalized spacial score (nSPS) is 10.1. The van der Waals surface area contributed by atoms with Crippen LogP contribution in [0.4, 0.5) is 0 Å². The molecule has 0 atom stereocenters. The Bertz CT molecular complexity index is 511. The summed E-state index contributed by atoms with van der Waals surface area (Å²) in [5, 5.41) is 1.07. The van der Waals surface area contributed by atoms with Gasteiger partial charge in [-0.25, -0.2) is 4.98 Å². The lowest BCUT2D eigenvalue weighted by Crippen LogP contribution is -2.00. The zero-order valence-electron chi connectivity index (χ0n) is 11.4. The van der Waals surface area contributed by atoms with Crippen molar-refractivity contribution < 1.29 is 4.74 Å². The van der Waals surface area contributed by atoms with Crippen LogP contribution in [0.3, 0.4) is 0 Å². The molecule has 0 radical (unpaired) electrons. The fourth-order valence-corrected chi connectivity index (χ4v) is 2.52. The van der Waals surface area contributed by atoms with Gasteiger partial charge >= 0.3 is 0 Å². The number of benzene rings is 1. The summed E-state index contributed by atoms with van der Waals surface area (Å²) in [7, 11) is 1.68. The van der Waals surface area contributed by atoms with Gasteiger partial charge in [0.15, 0.2) is 5.16 Å². The number of thioether (sulfide) groups is 1. The lowest BCUT2D eigenvalue weighted by molar-refractivity contribution is 0.415. The maximum atomic E-state index is 5.18. The number of aromatic nitrogens is 2. The molecule has 0 aliphatic heterocycles. The summed E-state index contributed by atoms with van der Waals surface area (Å²) in [6.45, 7) is 3.18. The molecule has 1 aromatic carbocycles. The molecule has 0 amide bonds. The van der Waals surface area contributed by atoms with Crippen molar-refractivity contribution in [1.82, 2.24) is 9.55 Å². The molecule has 2 rings (SSSR count). The molecule has 0 saturated carbocycles. The van der Waals surface area contributed by atoms with Crippen molar-refractivity contribution in [1.29, 1.82) is 0 Å². The van der Waals surface area contributed by atoms with Gasteiger partial charge in [0.05, 0.1) is 19.0 Å². The molecule has 1 heterocycles. The van der Waals surface area contributed by atoms with Gasteiger partial charge in [0.1, 0.15) is 5.75 Å². The summed E-state index contributed by atoms with van der Waals surface area (Å²) in [6, 6.07) is 8.12. The van der Waals surface area contributed by atoms with Crippen LogP contribution in [0.15, 0.2) is 35.6 Å². The number of hydrogen-bond acceptors (Lipinski definition) is 3. The van der Waals surface area contributed by atoms with E-state index in [9.17, 15) is 0 Å². The van der Waals surface area contributed by atoms with E-state index in [1.54, 1.807) is 18.9 Å². The first-order chi connectivity index (χ1) is 8.80. The summed E-state index contributed by atoms with van der Waals surface area (Å²) in [4.78, 5) is 4.47. The molecule has 0 aliphatic carbocycles. The van der Waals surface area contributed by atoms with Crippen LogP contribution in [0, 0.1) is 0 Å². The number of hydrogen-bond donors (Lipinski definition) is 0. The van der Waals surface area contributed by atoms with Gasteiger partial charge in [-0.2, -0.15) is 0 Å². The van der Waals surface area contributed by atoms with Crippen LogP contribution in [0.25, 0.3) is 11.3 Å². The largest absolute Gasteiger partial charge is 0.497 e. The van der Waals surface area contributed by atoms with Crippen LogP contribution in [-0.2, 0) is 6.54 Å². The highest BCUT2D eigenvalue weighted by atomic mass is 35.5. The predicted molar refractivity (Wildman–Crippen MR) is 83.5 cm³/mol. The standard InChI is InChI=1S/C14H18N2OS.ClH/c1-4-9-16-13(10-15-14(16)18-3)11-5-7-12(17-2)8-6-11;/h5-8,10H,4,9H2,1-3H3;1H. The molecule has 0 saturated heterocycles. The molecule has 0 fully saturated rings. The fourth-order valence-electron chi connectivity index (χ4n) is 1.95. The van der Waals surface area contributed by atoms with E-state index in [4.69, 9.17) is 4.74 Å². The summed E-state index contributed by atoms with van der Waals surface area (Å²) in [6.07, 6.45) is 5.11. The van der Waals surface area contributed by atoms with Gasteiger partial charge in [0, 0.05) is 12.1 Å². The van der Waals surface area contributed by atoms with E-state index in [2.05, 4.69) is 34.9 Å². The van der Waals surface area contributed by atoms with Crippen molar-refractivity contribution in [3.05, 3.63) is 30.5 Å². The van der Waals surface area contributed by atoms with Crippen LogP contribution in [-0.4, -0.2) is 22.9 Å². The van der Waals surface area contributed by atoms with Crippen molar-refractivity contribution in [2.45, 2.75) is 25.0 Å². The highest BCUT2D eigenvalue weighted by Crippen LogP contribution is 2.26. The monoisotopic (exact) mass is 298 g/mol. The average Bonchev–Trinajstić information content (AvgIpc) is 2.82. The van der Waals surface area contributed by atoms with Gasteiger partial charge in [0.2, 0.25) is 0 Å². The molecule has 104 valence electrons. The third-order valence-corrected chi connectivity index (χ3v) is 3.53. The van der Waals surface area contributed by atoms with Gasteiger partial charge in [-0.3, -0.25) is 0 Å². The molecule has 0 N–H and O–H groups in total. The van der Waals surface area contributed by atoms with Crippen molar-refractivity contribution in [3.8, 4) is 17.0 Å². The highest BCUT2D eigenvalue weighted by molar-refractivity contribution is 7.98. The summed E-state index contributed by atoms with van der Waals surface area (Å²) < 4.78 is 7.45. The number of methoxy groups -OCH3 is 1. The molecule has 19 heavy (non-hydrogen) atoms. The predicted octanol–water partition coefficient (Wildman–Crippen LogP) is 4.11.